The zero-order valence-electron chi connectivity index (χ0n) is 32.8. The van der Waals surface area contributed by atoms with Gasteiger partial charge in [0.15, 0.2) is 0 Å². The molecule has 53 heavy (non-hydrogen) atoms. The molecular weight excluding hydrogens is 682 g/mol. The highest BCUT2D eigenvalue weighted by Crippen LogP contribution is 2.40. The molecule has 7 amide bonds. The number of likely N-dealkylation sites (tertiary alicyclic amines) is 2. The number of urea groups is 1. The fraction of sp³-hybridized carbons (Fsp3) is 0.816. The summed E-state index contributed by atoms with van der Waals surface area (Å²) in [5.74, 6) is -2.67. The summed E-state index contributed by atoms with van der Waals surface area (Å²) >= 11 is 0. The first-order valence-electron chi connectivity index (χ1n) is 19.5. The van der Waals surface area contributed by atoms with Crippen molar-refractivity contribution in [3.63, 3.8) is 0 Å². The monoisotopic (exact) mass is 745 g/mol. The number of nitrogens with two attached hydrogens (primary N) is 1. The summed E-state index contributed by atoms with van der Waals surface area (Å²) in [7, 11) is 0. The quantitative estimate of drug-likeness (QED) is 0.167. The fourth-order valence-electron chi connectivity index (χ4n) is 7.81. The number of ketones is 1. The lowest BCUT2D eigenvalue weighted by Crippen LogP contribution is -2.63. The van der Waals surface area contributed by atoms with Crippen LogP contribution in [-0.2, 0) is 28.7 Å². The van der Waals surface area contributed by atoms with E-state index in [0.29, 0.717) is 38.8 Å². The van der Waals surface area contributed by atoms with Crippen LogP contribution in [0.25, 0.3) is 0 Å². The molecule has 15 heteroatoms. The number of hydrogen-bond donors (Lipinski definition) is 5. The molecule has 2 aliphatic heterocycles. The van der Waals surface area contributed by atoms with Gasteiger partial charge in [-0.1, -0.05) is 74.1 Å². The van der Waals surface area contributed by atoms with Gasteiger partial charge in [0, 0.05) is 32.0 Å². The molecule has 0 aromatic rings. The molecule has 6 N–H and O–H groups in total. The molecule has 2 saturated carbocycles. The summed E-state index contributed by atoms with van der Waals surface area (Å²) in [4.78, 5) is 96.4. The van der Waals surface area contributed by atoms with Crippen molar-refractivity contribution in [2.45, 2.75) is 162 Å². The van der Waals surface area contributed by atoms with Gasteiger partial charge in [0.25, 0.3) is 5.91 Å². The van der Waals surface area contributed by atoms with Crippen molar-refractivity contribution in [1.29, 1.82) is 0 Å². The van der Waals surface area contributed by atoms with Gasteiger partial charge in [0.05, 0.1) is 18.6 Å². The Morgan fingerprint density at radius 3 is 2.19 bits per heavy atom. The second-order valence-corrected chi connectivity index (χ2v) is 17.9. The number of Topliss-reactive ketones (excluding diaryl/α,β-unsaturated/α-hetero) is 1. The molecule has 0 aromatic heterocycles. The number of nitrogens with one attached hydrogen (secondary N) is 4. The van der Waals surface area contributed by atoms with E-state index in [0.717, 1.165) is 38.5 Å². The van der Waals surface area contributed by atoms with E-state index in [-0.39, 0.29) is 36.8 Å². The van der Waals surface area contributed by atoms with Gasteiger partial charge in [-0.15, -0.1) is 0 Å². The Hall–Kier alpha value is -3.91. The molecule has 2 heterocycles. The third-order valence-corrected chi connectivity index (χ3v) is 11.5. The summed E-state index contributed by atoms with van der Waals surface area (Å²) in [5, 5.41) is 11.4. The van der Waals surface area contributed by atoms with Crippen LogP contribution in [0, 0.1) is 16.2 Å². The van der Waals surface area contributed by atoms with Gasteiger partial charge >= 0.3 is 12.1 Å². The van der Waals surface area contributed by atoms with Gasteiger partial charge in [0.2, 0.25) is 23.5 Å². The summed E-state index contributed by atoms with van der Waals surface area (Å²) in [6.07, 6.45) is 5.53. The average molecular weight is 746 g/mol. The maximum absolute atomic E-state index is 14.8. The Kier molecular flexibility index (Phi) is 13.5. The zero-order valence-corrected chi connectivity index (χ0v) is 32.8. The lowest BCUT2D eigenvalue weighted by Gasteiger charge is -2.43. The fourth-order valence-corrected chi connectivity index (χ4v) is 7.81. The predicted octanol–water partition coefficient (Wildman–Crippen LogP) is 2.89. The van der Waals surface area contributed by atoms with Gasteiger partial charge in [-0.2, -0.15) is 0 Å². The number of piperidine rings is 1. The molecule has 0 aromatic carbocycles. The van der Waals surface area contributed by atoms with Crippen molar-refractivity contribution in [2.24, 2.45) is 22.0 Å². The highest BCUT2D eigenvalue weighted by atomic mass is 16.6. The third-order valence-electron chi connectivity index (χ3n) is 11.5. The third kappa shape index (κ3) is 11.3. The van der Waals surface area contributed by atoms with Crippen LogP contribution in [-0.4, -0.2) is 107 Å². The van der Waals surface area contributed by atoms with E-state index >= 15 is 0 Å². The standard InChI is InChI=1S/C38H63N7O8/c1-8-12-25(29(47)32(49)40-23-13-14-23)41-31(48)26-19-24(53-34(39)51)21-45(26)33(50)30(38(7)15-10-9-11-16-38)43-35(52)42-27(36(2,3)4)22-44-18-17-37(5,6)20-28(44)46/h23-27,30H,8-22H2,1-7H3,(H2,39,51)(H,40,49)(H,41,48)(H2,42,43,52)/t24-,25?,26?,27-,30-/m1/s1. The average Bonchev–Trinajstić information content (AvgIpc) is 3.78. The van der Waals surface area contributed by atoms with Gasteiger partial charge in [0.1, 0.15) is 18.2 Å². The number of hydrogen-bond acceptors (Lipinski definition) is 8. The molecule has 0 spiro atoms. The molecule has 4 fully saturated rings. The topological polar surface area (TPSA) is 209 Å². The summed E-state index contributed by atoms with van der Waals surface area (Å²) in [5.41, 5.74) is 4.17. The van der Waals surface area contributed by atoms with E-state index < -0.39 is 76.7 Å². The minimum absolute atomic E-state index is 0.0398. The second kappa shape index (κ2) is 17.0. The zero-order chi connectivity index (χ0) is 39.3. The van der Waals surface area contributed by atoms with Crippen LogP contribution in [0.15, 0.2) is 0 Å². The molecule has 5 atom stereocenters. The van der Waals surface area contributed by atoms with E-state index in [1.165, 1.54) is 4.90 Å². The SMILES string of the molecule is CCCC(NC(=O)C1C[C@@H](OC(N)=O)CN1C(=O)[C@@H](NC(=O)N[C@H](CN1CCC(C)(C)CC1=O)C(C)(C)C)C1(C)CCCCC1)C(=O)C(=O)NC1CC1. The van der Waals surface area contributed by atoms with E-state index in [1.54, 1.807) is 4.90 Å². The highest BCUT2D eigenvalue weighted by Gasteiger charge is 2.49. The van der Waals surface area contributed by atoms with Crippen LogP contribution in [0.2, 0.25) is 0 Å². The Labute approximate surface area is 314 Å². The minimum Gasteiger partial charge on any atom is -0.444 e. The number of nitrogens with zero attached hydrogens (tertiary/aromatic N) is 2. The number of primary amides is 1. The first-order valence-corrected chi connectivity index (χ1v) is 19.5. The Morgan fingerprint density at radius 2 is 1.62 bits per heavy atom. The van der Waals surface area contributed by atoms with Crippen molar-refractivity contribution in [3.05, 3.63) is 0 Å². The van der Waals surface area contributed by atoms with Crippen molar-refractivity contribution in [2.75, 3.05) is 19.6 Å². The van der Waals surface area contributed by atoms with Gasteiger partial charge in [-0.3, -0.25) is 24.0 Å². The van der Waals surface area contributed by atoms with E-state index in [2.05, 4.69) is 35.1 Å². The smallest absolute Gasteiger partial charge is 0.404 e. The summed E-state index contributed by atoms with van der Waals surface area (Å²) in [6, 6.07) is -4.38. The number of carbonyl (C=O) groups excluding carboxylic acids is 7. The normalized spacial score (nSPS) is 24.3. The van der Waals surface area contributed by atoms with E-state index in [4.69, 9.17) is 10.5 Å². The maximum atomic E-state index is 14.8. The number of ether oxygens (including phenoxy) is 1. The molecule has 2 unspecified atom stereocenters. The number of amides is 7. The van der Waals surface area contributed by atoms with Crippen LogP contribution in [0.1, 0.15) is 126 Å². The number of rotatable bonds is 14. The molecule has 0 radical (unpaired) electrons. The van der Waals surface area contributed by atoms with Crippen LogP contribution in [0.4, 0.5) is 9.59 Å². The maximum Gasteiger partial charge on any atom is 0.404 e. The van der Waals surface area contributed by atoms with Crippen LogP contribution in [0.3, 0.4) is 0 Å². The number of carbonyl (C=O) groups is 7. The summed E-state index contributed by atoms with van der Waals surface area (Å²) < 4.78 is 5.28. The molecule has 0 bridgehead atoms. The molecule has 298 valence electrons. The van der Waals surface area contributed by atoms with Crippen LogP contribution in [0.5, 0.6) is 0 Å². The Balaban J connectivity index is 1.57. The molecular formula is C38H63N7O8. The largest absolute Gasteiger partial charge is 0.444 e. The van der Waals surface area contributed by atoms with Crippen molar-refractivity contribution in [1.82, 2.24) is 31.1 Å². The molecule has 4 aliphatic rings. The Morgan fingerprint density at radius 1 is 0.962 bits per heavy atom. The second-order valence-electron chi connectivity index (χ2n) is 17.9. The van der Waals surface area contributed by atoms with Gasteiger partial charge in [-0.05, 0) is 54.8 Å². The lowest BCUT2D eigenvalue weighted by atomic mass is 9.70. The molecule has 4 rings (SSSR count). The van der Waals surface area contributed by atoms with Crippen molar-refractivity contribution >= 4 is 41.5 Å². The van der Waals surface area contributed by atoms with Crippen LogP contribution < -0.4 is 27.0 Å². The van der Waals surface area contributed by atoms with Gasteiger partial charge in [-0.25, -0.2) is 9.59 Å². The van der Waals surface area contributed by atoms with Crippen molar-refractivity contribution in [3.8, 4) is 0 Å². The van der Waals surface area contributed by atoms with Crippen LogP contribution >= 0.6 is 0 Å². The predicted molar refractivity (Wildman–Crippen MR) is 197 cm³/mol. The molecule has 2 aliphatic carbocycles. The van der Waals surface area contributed by atoms with Gasteiger partial charge < -0.3 is 41.5 Å². The highest BCUT2D eigenvalue weighted by molar-refractivity contribution is 6.38. The molecule has 15 nitrogen and oxygen atoms in total. The minimum atomic E-state index is -1.17. The lowest BCUT2D eigenvalue weighted by molar-refractivity contribution is -0.144. The van der Waals surface area contributed by atoms with E-state index in [1.807, 2.05) is 34.6 Å². The first kappa shape index (κ1) is 41.8. The summed E-state index contributed by atoms with van der Waals surface area (Å²) in [6.45, 7) is 14.7. The molecule has 2 saturated heterocycles. The first-order chi connectivity index (χ1) is 24.7. The van der Waals surface area contributed by atoms with E-state index in [9.17, 15) is 33.6 Å². The Bertz CT molecular complexity index is 1400. The van der Waals surface area contributed by atoms with Crippen molar-refractivity contribution < 1.29 is 38.3 Å².